The van der Waals surface area contributed by atoms with E-state index in [1.807, 2.05) is 0 Å². The maximum absolute atomic E-state index is 8.53. The topological polar surface area (TPSA) is 32.3 Å². The van der Waals surface area contributed by atoms with Gasteiger partial charge in [-0.3, -0.25) is 0 Å². The zero-order chi connectivity index (χ0) is 5.11. The normalized spacial score (nSPS) is 27.4. The maximum Gasteiger partial charge on any atom is 0.0471 e. The molecular formula is C5H12ClNO. The molecule has 0 aromatic heterocycles. The molecule has 0 spiro atoms. The van der Waals surface area contributed by atoms with Crippen molar-refractivity contribution in [3.05, 3.63) is 0 Å². The third-order valence-corrected chi connectivity index (χ3v) is 1.42. The lowest BCUT2D eigenvalue weighted by Crippen LogP contribution is -2.11. The van der Waals surface area contributed by atoms with Crippen molar-refractivity contribution in [2.75, 3.05) is 19.7 Å². The Morgan fingerprint density at radius 3 is 2.62 bits per heavy atom. The van der Waals surface area contributed by atoms with Crippen molar-refractivity contribution in [1.29, 1.82) is 0 Å². The largest absolute Gasteiger partial charge is 0.396 e. The minimum Gasteiger partial charge on any atom is -0.396 e. The fourth-order valence-corrected chi connectivity index (χ4v) is 0.870. The highest BCUT2D eigenvalue weighted by Gasteiger charge is 2.11. The summed E-state index contributed by atoms with van der Waals surface area (Å²) in [5.41, 5.74) is 0. The Morgan fingerprint density at radius 2 is 2.38 bits per heavy atom. The summed E-state index contributed by atoms with van der Waals surface area (Å²) >= 11 is 0. The van der Waals surface area contributed by atoms with Gasteiger partial charge in [0.1, 0.15) is 0 Å². The number of rotatable bonds is 1. The lowest BCUT2D eigenvalue weighted by molar-refractivity contribution is 0.237. The van der Waals surface area contributed by atoms with Gasteiger partial charge in [0.25, 0.3) is 0 Å². The molecule has 1 heterocycles. The fourth-order valence-electron chi connectivity index (χ4n) is 0.870. The van der Waals surface area contributed by atoms with Crippen LogP contribution in [0.15, 0.2) is 0 Å². The molecule has 2 N–H and O–H groups in total. The van der Waals surface area contributed by atoms with Gasteiger partial charge in [0, 0.05) is 13.2 Å². The van der Waals surface area contributed by atoms with Gasteiger partial charge < -0.3 is 10.4 Å². The van der Waals surface area contributed by atoms with Gasteiger partial charge in [0.05, 0.1) is 0 Å². The second-order valence-electron chi connectivity index (χ2n) is 2.04. The number of hydrogen-bond acceptors (Lipinski definition) is 2. The lowest BCUT2D eigenvalue weighted by atomic mass is 10.1. The van der Waals surface area contributed by atoms with E-state index in [-0.39, 0.29) is 12.4 Å². The highest BCUT2D eigenvalue weighted by atomic mass is 35.5. The lowest BCUT2D eigenvalue weighted by Gasteiger charge is -1.98. The van der Waals surface area contributed by atoms with Crippen LogP contribution in [0.4, 0.5) is 0 Å². The number of aliphatic hydroxyl groups excluding tert-OH is 1. The van der Waals surface area contributed by atoms with Crippen LogP contribution in [0.5, 0.6) is 0 Å². The molecule has 8 heavy (non-hydrogen) atoms. The molecule has 0 aromatic rings. The van der Waals surface area contributed by atoms with Gasteiger partial charge in [0.15, 0.2) is 0 Å². The Morgan fingerprint density at radius 1 is 1.62 bits per heavy atom. The van der Waals surface area contributed by atoms with Crippen molar-refractivity contribution in [3.8, 4) is 0 Å². The van der Waals surface area contributed by atoms with Gasteiger partial charge >= 0.3 is 0 Å². The second kappa shape index (κ2) is 4.13. The predicted octanol–water partition coefficient (Wildman–Crippen LogP) is 0.01000. The first-order valence-corrected chi connectivity index (χ1v) is 2.75. The van der Waals surface area contributed by atoms with Crippen molar-refractivity contribution >= 4 is 12.4 Å². The van der Waals surface area contributed by atoms with Crippen LogP contribution in [0.1, 0.15) is 6.42 Å². The first-order chi connectivity index (χ1) is 3.43. The van der Waals surface area contributed by atoms with Gasteiger partial charge in [-0.05, 0) is 18.9 Å². The SMILES string of the molecule is Cl.OC[C@@H]1CCNC1. The third kappa shape index (κ3) is 1.99. The molecule has 3 heteroatoms. The molecule has 0 amide bonds. The van der Waals surface area contributed by atoms with Crippen molar-refractivity contribution in [2.45, 2.75) is 6.42 Å². The minimum absolute atomic E-state index is 0. The average molecular weight is 138 g/mol. The van der Waals surface area contributed by atoms with Crippen LogP contribution in [0.3, 0.4) is 0 Å². The van der Waals surface area contributed by atoms with Crippen LogP contribution in [0, 0.1) is 5.92 Å². The summed E-state index contributed by atoms with van der Waals surface area (Å²) in [5, 5.41) is 11.7. The molecule has 1 saturated heterocycles. The van der Waals surface area contributed by atoms with Crippen molar-refractivity contribution in [3.63, 3.8) is 0 Å². The van der Waals surface area contributed by atoms with Crippen LogP contribution in [-0.4, -0.2) is 24.8 Å². The molecule has 1 atom stereocenters. The Balaban J connectivity index is 0.000000490. The minimum atomic E-state index is 0. The van der Waals surface area contributed by atoms with E-state index in [2.05, 4.69) is 5.32 Å². The summed E-state index contributed by atoms with van der Waals surface area (Å²) < 4.78 is 0. The van der Waals surface area contributed by atoms with E-state index in [0.717, 1.165) is 19.5 Å². The first kappa shape index (κ1) is 8.21. The fraction of sp³-hybridized carbons (Fsp3) is 1.00. The predicted molar refractivity (Wildman–Crippen MR) is 35.3 cm³/mol. The molecule has 0 radical (unpaired) electrons. The average Bonchev–Trinajstić information content (AvgIpc) is 2.14. The van der Waals surface area contributed by atoms with Crippen LogP contribution >= 0.6 is 12.4 Å². The number of aliphatic hydroxyl groups is 1. The monoisotopic (exact) mass is 137 g/mol. The zero-order valence-electron chi connectivity index (χ0n) is 4.76. The summed E-state index contributed by atoms with van der Waals surface area (Å²) in [7, 11) is 0. The summed E-state index contributed by atoms with van der Waals surface area (Å²) in [4.78, 5) is 0. The van der Waals surface area contributed by atoms with Crippen molar-refractivity contribution in [1.82, 2.24) is 5.32 Å². The van der Waals surface area contributed by atoms with E-state index >= 15 is 0 Å². The molecule has 2 nitrogen and oxygen atoms in total. The number of nitrogens with one attached hydrogen (secondary N) is 1. The molecule has 1 rings (SSSR count). The van der Waals surface area contributed by atoms with E-state index in [1.54, 1.807) is 0 Å². The van der Waals surface area contributed by atoms with Crippen molar-refractivity contribution < 1.29 is 5.11 Å². The molecule has 0 bridgehead atoms. The van der Waals surface area contributed by atoms with Crippen LogP contribution < -0.4 is 5.32 Å². The highest BCUT2D eigenvalue weighted by Crippen LogP contribution is 2.03. The molecule has 1 fully saturated rings. The highest BCUT2D eigenvalue weighted by molar-refractivity contribution is 5.85. The van der Waals surface area contributed by atoms with Crippen LogP contribution in [-0.2, 0) is 0 Å². The van der Waals surface area contributed by atoms with E-state index in [0.29, 0.717) is 12.5 Å². The molecule has 0 unspecified atom stereocenters. The van der Waals surface area contributed by atoms with Crippen molar-refractivity contribution in [2.24, 2.45) is 5.92 Å². The van der Waals surface area contributed by atoms with E-state index in [1.165, 1.54) is 0 Å². The third-order valence-electron chi connectivity index (χ3n) is 1.42. The van der Waals surface area contributed by atoms with Gasteiger partial charge in [-0.2, -0.15) is 0 Å². The first-order valence-electron chi connectivity index (χ1n) is 2.75. The molecule has 0 aromatic carbocycles. The Bertz CT molecular complexity index is 54.4. The van der Waals surface area contributed by atoms with E-state index < -0.39 is 0 Å². The second-order valence-corrected chi connectivity index (χ2v) is 2.04. The standard InChI is InChI=1S/C5H11NO.ClH/c7-4-5-1-2-6-3-5;/h5-7H,1-4H2;1H/t5-;/m1./s1. The summed E-state index contributed by atoms with van der Waals surface area (Å²) in [6.45, 7) is 2.45. The number of hydrogen-bond donors (Lipinski definition) is 2. The Kier molecular flexibility index (Phi) is 4.23. The van der Waals surface area contributed by atoms with Gasteiger partial charge in [-0.1, -0.05) is 0 Å². The van der Waals surface area contributed by atoms with Gasteiger partial charge in [0.2, 0.25) is 0 Å². The van der Waals surface area contributed by atoms with Gasteiger partial charge in [-0.25, -0.2) is 0 Å². The number of halogens is 1. The molecule has 1 aliphatic heterocycles. The summed E-state index contributed by atoms with van der Waals surface area (Å²) in [6, 6.07) is 0. The van der Waals surface area contributed by atoms with Crippen LogP contribution in [0.25, 0.3) is 0 Å². The summed E-state index contributed by atoms with van der Waals surface area (Å²) in [5.74, 6) is 0.542. The Hall–Kier alpha value is 0.210. The molecule has 0 aliphatic carbocycles. The zero-order valence-corrected chi connectivity index (χ0v) is 5.58. The van der Waals surface area contributed by atoms with E-state index in [9.17, 15) is 0 Å². The van der Waals surface area contributed by atoms with Gasteiger partial charge in [-0.15, -0.1) is 12.4 Å². The maximum atomic E-state index is 8.53. The molecular weight excluding hydrogens is 126 g/mol. The van der Waals surface area contributed by atoms with E-state index in [4.69, 9.17) is 5.11 Å². The molecule has 0 saturated carbocycles. The molecule has 1 aliphatic rings. The Labute approximate surface area is 55.7 Å². The quantitative estimate of drug-likeness (QED) is 0.534. The summed E-state index contributed by atoms with van der Waals surface area (Å²) in [6.07, 6.45) is 1.15. The molecule has 50 valence electrons. The van der Waals surface area contributed by atoms with Crippen LogP contribution in [0.2, 0.25) is 0 Å². The smallest absolute Gasteiger partial charge is 0.0471 e.